The second-order valence-corrected chi connectivity index (χ2v) is 6.49. The van der Waals surface area contributed by atoms with Crippen LogP contribution in [-0.4, -0.2) is 72.0 Å². The molecule has 0 radical (unpaired) electrons. The van der Waals surface area contributed by atoms with Crippen molar-refractivity contribution in [1.82, 2.24) is 14.7 Å². The lowest BCUT2D eigenvalue weighted by Gasteiger charge is -2.25. The molecule has 0 saturated carbocycles. The molecular weight excluding hydrogens is 318 g/mol. The van der Waals surface area contributed by atoms with Gasteiger partial charge in [0.1, 0.15) is 15.0 Å². The average Bonchev–Trinajstić information content (AvgIpc) is 2.43. The molecule has 0 amide bonds. The molecule has 1 rings (SSSR count). The van der Waals surface area contributed by atoms with Gasteiger partial charge < -0.3 is 14.7 Å². The molecule has 21 heavy (non-hydrogen) atoms. The molecule has 114 valence electrons. The van der Waals surface area contributed by atoms with Gasteiger partial charge in [-0.2, -0.15) is 0 Å². The van der Waals surface area contributed by atoms with Crippen LogP contribution >= 0.6 is 36.7 Å². The van der Waals surface area contributed by atoms with E-state index in [0.717, 1.165) is 31.7 Å². The second kappa shape index (κ2) is 7.24. The highest BCUT2D eigenvalue weighted by Crippen LogP contribution is 2.21. The molecule has 0 aliphatic heterocycles. The summed E-state index contributed by atoms with van der Waals surface area (Å²) in [4.78, 5) is 7.96. The van der Waals surface area contributed by atoms with Crippen molar-refractivity contribution in [2.45, 2.75) is 0 Å². The first-order valence-electron chi connectivity index (χ1n) is 6.46. The van der Waals surface area contributed by atoms with E-state index in [9.17, 15) is 0 Å². The molecule has 0 heterocycles. The molecule has 0 fully saturated rings. The van der Waals surface area contributed by atoms with Crippen LogP contribution in [0.4, 0.5) is 0 Å². The predicted molar refractivity (Wildman–Crippen MR) is 103 cm³/mol. The normalized spacial score (nSPS) is 10.0. The highest BCUT2D eigenvalue weighted by molar-refractivity contribution is 7.81. The van der Waals surface area contributed by atoms with Crippen molar-refractivity contribution in [2.75, 3.05) is 42.3 Å². The van der Waals surface area contributed by atoms with Gasteiger partial charge in [-0.3, -0.25) is 0 Å². The van der Waals surface area contributed by atoms with Gasteiger partial charge in [0.05, 0.1) is 0 Å². The van der Waals surface area contributed by atoms with Gasteiger partial charge in [0.25, 0.3) is 0 Å². The van der Waals surface area contributed by atoms with Gasteiger partial charge in [-0.15, -0.1) is 0 Å². The zero-order chi connectivity index (χ0) is 16.3. The standard InChI is InChI=1S/C15H21N3S3/c1-16(2)13(19)10-8-7-9-11(14(20)17(3)4)12(10)15(21)18(5)6/h7-9H,1-6H3. The topological polar surface area (TPSA) is 9.72 Å². The first-order chi connectivity index (χ1) is 9.68. The molecular formula is C15H21N3S3. The lowest BCUT2D eigenvalue weighted by molar-refractivity contribution is 0.627. The minimum absolute atomic E-state index is 0.731. The van der Waals surface area contributed by atoms with Crippen molar-refractivity contribution in [3.8, 4) is 0 Å². The molecule has 0 unspecified atom stereocenters. The van der Waals surface area contributed by atoms with Gasteiger partial charge in [0.15, 0.2) is 0 Å². The number of hydrogen-bond acceptors (Lipinski definition) is 3. The summed E-state index contributed by atoms with van der Waals surface area (Å²) in [6.07, 6.45) is 0. The van der Waals surface area contributed by atoms with Crippen LogP contribution in [-0.2, 0) is 0 Å². The van der Waals surface area contributed by atoms with Gasteiger partial charge in [0, 0.05) is 59.0 Å². The molecule has 0 N–H and O–H groups in total. The van der Waals surface area contributed by atoms with E-state index in [1.165, 1.54) is 0 Å². The Labute approximate surface area is 143 Å². The van der Waals surface area contributed by atoms with Gasteiger partial charge in [-0.25, -0.2) is 0 Å². The Hall–Kier alpha value is -1.11. The fraction of sp³-hybridized carbons (Fsp3) is 0.400. The van der Waals surface area contributed by atoms with Gasteiger partial charge in [0.2, 0.25) is 0 Å². The summed E-state index contributed by atoms with van der Waals surface area (Å²) < 4.78 is 0. The Morgan fingerprint density at radius 1 is 0.667 bits per heavy atom. The van der Waals surface area contributed by atoms with Crippen LogP contribution in [0.3, 0.4) is 0 Å². The van der Waals surface area contributed by atoms with E-state index in [2.05, 4.69) is 0 Å². The van der Waals surface area contributed by atoms with Gasteiger partial charge >= 0.3 is 0 Å². The van der Waals surface area contributed by atoms with Crippen LogP contribution in [0.25, 0.3) is 0 Å². The van der Waals surface area contributed by atoms with Gasteiger partial charge in [-0.1, -0.05) is 54.9 Å². The SMILES string of the molecule is CN(C)C(=S)c1cccc(C(=S)N(C)C)c1C(=S)N(C)C. The lowest BCUT2D eigenvalue weighted by Crippen LogP contribution is -2.31. The smallest absolute Gasteiger partial charge is 0.110 e. The van der Waals surface area contributed by atoms with Crippen LogP contribution in [0.2, 0.25) is 0 Å². The molecule has 1 aromatic carbocycles. The summed E-state index contributed by atoms with van der Waals surface area (Å²) in [5.41, 5.74) is 2.81. The largest absolute Gasteiger partial charge is 0.368 e. The van der Waals surface area contributed by atoms with Crippen molar-refractivity contribution in [3.63, 3.8) is 0 Å². The number of thiocarbonyl (C=S) groups is 3. The number of benzene rings is 1. The molecule has 0 bridgehead atoms. The van der Waals surface area contributed by atoms with Crippen LogP contribution in [0.1, 0.15) is 16.7 Å². The minimum atomic E-state index is 0.731. The maximum atomic E-state index is 5.60. The van der Waals surface area contributed by atoms with Crippen molar-refractivity contribution in [3.05, 3.63) is 34.9 Å². The monoisotopic (exact) mass is 339 g/mol. The molecule has 0 saturated heterocycles. The van der Waals surface area contributed by atoms with Crippen molar-refractivity contribution >= 4 is 51.6 Å². The third-order valence-corrected chi connectivity index (χ3v) is 4.70. The Morgan fingerprint density at radius 3 is 1.29 bits per heavy atom. The first kappa shape index (κ1) is 17.9. The fourth-order valence-corrected chi connectivity index (χ4v) is 2.40. The summed E-state index contributed by atoms with van der Waals surface area (Å²) in [6, 6.07) is 5.96. The third kappa shape index (κ3) is 3.96. The van der Waals surface area contributed by atoms with Gasteiger partial charge in [-0.05, 0) is 0 Å². The second-order valence-electron chi connectivity index (χ2n) is 5.33. The fourth-order valence-electron chi connectivity index (χ4n) is 1.84. The van der Waals surface area contributed by atoms with E-state index in [-0.39, 0.29) is 0 Å². The highest BCUT2D eigenvalue weighted by atomic mass is 32.1. The Kier molecular flexibility index (Phi) is 6.19. The van der Waals surface area contributed by atoms with Crippen molar-refractivity contribution < 1.29 is 0 Å². The number of rotatable bonds is 3. The van der Waals surface area contributed by atoms with Crippen molar-refractivity contribution in [1.29, 1.82) is 0 Å². The van der Waals surface area contributed by atoms with E-state index in [4.69, 9.17) is 36.7 Å². The molecule has 0 aliphatic rings. The third-order valence-electron chi connectivity index (χ3n) is 2.96. The maximum absolute atomic E-state index is 5.60. The van der Waals surface area contributed by atoms with E-state index < -0.39 is 0 Å². The summed E-state index contributed by atoms with van der Waals surface area (Å²) in [5.74, 6) is 0. The molecule has 3 nitrogen and oxygen atoms in total. The summed E-state index contributed by atoms with van der Waals surface area (Å²) in [7, 11) is 11.6. The molecule has 6 heteroatoms. The zero-order valence-corrected chi connectivity index (χ0v) is 15.7. The minimum Gasteiger partial charge on any atom is -0.368 e. The predicted octanol–water partition coefficient (Wildman–Crippen LogP) is 2.40. The number of hydrogen-bond donors (Lipinski definition) is 0. The molecule has 1 aromatic rings. The Morgan fingerprint density at radius 2 is 1.00 bits per heavy atom. The molecule has 0 atom stereocenters. The summed E-state index contributed by atoms with van der Waals surface area (Å²) >= 11 is 16.7. The van der Waals surface area contributed by atoms with Crippen LogP contribution in [0.5, 0.6) is 0 Å². The van der Waals surface area contributed by atoms with Crippen LogP contribution < -0.4 is 0 Å². The van der Waals surface area contributed by atoms with Crippen LogP contribution in [0.15, 0.2) is 18.2 Å². The lowest BCUT2D eigenvalue weighted by atomic mass is 9.99. The molecule has 0 aliphatic carbocycles. The van der Waals surface area contributed by atoms with E-state index >= 15 is 0 Å². The zero-order valence-electron chi connectivity index (χ0n) is 13.3. The highest BCUT2D eigenvalue weighted by Gasteiger charge is 2.21. The summed E-state index contributed by atoms with van der Waals surface area (Å²) in [5, 5.41) is 0. The average molecular weight is 340 g/mol. The van der Waals surface area contributed by atoms with E-state index in [1.807, 2.05) is 75.2 Å². The van der Waals surface area contributed by atoms with E-state index in [0.29, 0.717) is 0 Å². The number of nitrogens with zero attached hydrogens (tertiary/aromatic N) is 3. The van der Waals surface area contributed by atoms with Crippen molar-refractivity contribution in [2.24, 2.45) is 0 Å². The Balaban J connectivity index is 3.60. The van der Waals surface area contributed by atoms with E-state index in [1.54, 1.807) is 0 Å². The summed E-state index contributed by atoms with van der Waals surface area (Å²) in [6.45, 7) is 0. The Bertz CT molecular complexity index is 539. The first-order valence-corrected chi connectivity index (χ1v) is 7.69. The maximum Gasteiger partial charge on any atom is 0.110 e. The molecule has 0 aromatic heterocycles. The quantitative estimate of drug-likeness (QED) is 0.777. The van der Waals surface area contributed by atoms with Crippen LogP contribution in [0, 0.1) is 0 Å². The molecule has 0 spiro atoms.